The molecule has 0 aromatic rings. The van der Waals surface area contributed by atoms with Crippen LogP contribution in [0.4, 0.5) is 0 Å². The van der Waals surface area contributed by atoms with Crippen molar-refractivity contribution < 1.29 is 13.2 Å². The van der Waals surface area contributed by atoms with Crippen LogP contribution in [0.2, 0.25) is 0 Å². The number of hydrogen-bond donors (Lipinski definition) is 1. The summed E-state index contributed by atoms with van der Waals surface area (Å²) in [6, 6.07) is 1.29. The highest BCUT2D eigenvalue weighted by Crippen LogP contribution is 2.14. The average Bonchev–Trinajstić information content (AvgIpc) is 2.65. The van der Waals surface area contributed by atoms with E-state index in [1.807, 2.05) is 19.9 Å². The van der Waals surface area contributed by atoms with Crippen LogP contribution in [-0.2, 0) is 14.8 Å². The lowest BCUT2D eigenvalue weighted by Crippen LogP contribution is -2.41. The highest BCUT2D eigenvalue weighted by Gasteiger charge is 2.26. The van der Waals surface area contributed by atoms with Gasteiger partial charge in [0.1, 0.15) is 6.04 Å². The van der Waals surface area contributed by atoms with Crippen molar-refractivity contribution in [1.82, 2.24) is 4.72 Å². The average molecular weight is 246 g/mol. The van der Waals surface area contributed by atoms with Gasteiger partial charge >= 0.3 is 0 Å². The van der Waals surface area contributed by atoms with Crippen LogP contribution >= 0.6 is 0 Å². The standard InChI is InChI=1S/C10H18N2O3S/c1-8(2)10(6-11)12-16(13,14)7-9-4-3-5-15-9/h8-10,12H,3-5,7H2,1-2H3. The molecule has 5 nitrogen and oxygen atoms in total. The molecule has 0 radical (unpaired) electrons. The highest BCUT2D eigenvalue weighted by atomic mass is 32.2. The van der Waals surface area contributed by atoms with E-state index >= 15 is 0 Å². The van der Waals surface area contributed by atoms with Crippen molar-refractivity contribution in [3.8, 4) is 6.07 Å². The maximum absolute atomic E-state index is 11.7. The van der Waals surface area contributed by atoms with Gasteiger partial charge in [0.2, 0.25) is 10.0 Å². The second-order valence-electron chi connectivity index (χ2n) is 4.39. The Morgan fingerprint density at radius 1 is 1.56 bits per heavy atom. The van der Waals surface area contributed by atoms with Crippen LogP contribution < -0.4 is 4.72 Å². The molecule has 0 bridgehead atoms. The van der Waals surface area contributed by atoms with Gasteiger partial charge in [-0.3, -0.25) is 0 Å². The fourth-order valence-corrected chi connectivity index (χ4v) is 3.13. The molecule has 1 aliphatic rings. The molecule has 1 N–H and O–H groups in total. The first-order valence-corrected chi connectivity index (χ1v) is 7.11. The van der Waals surface area contributed by atoms with Crippen molar-refractivity contribution in [2.75, 3.05) is 12.4 Å². The quantitative estimate of drug-likeness (QED) is 0.771. The number of rotatable bonds is 5. The minimum atomic E-state index is -3.42. The van der Waals surface area contributed by atoms with Crippen molar-refractivity contribution in [3.05, 3.63) is 0 Å². The molecule has 1 rings (SSSR count). The summed E-state index contributed by atoms with van der Waals surface area (Å²) in [7, 11) is -3.42. The van der Waals surface area contributed by atoms with E-state index in [0.717, 1.165) is 12.8 Å². The zero-order chi connectivity index (χ0) is 12.2. The third kappa shape index (κ3) is 4.08. The predicted molar refractivity (Wildman–Crippen MR) is 60.1 cm³/mol. The Kier molecular flexibility index (Phi) is 4.71. The van der Waals surface area contributed by atoms with Gasteiger partial charge in [0.05, 0.1) is 17.9 Å². The van der Waals surface area contributed by atoms with Gasteiger partial charge in [0.25, 0.3) is 0 Å². The normalized spacial score (nSPS) is 23.2. The highest BCUT2D eigenvalue weighted by molar-refractivity contribution is 7.89. The number of nitriles is 1. The fourth-order valence-electron chi connectivity index (χ4n) is 1.57. The largest absolute Gasteiger partial charge is 0.377 e. The number of sulfonamides is 1. The van der Waals surface area contributed by atoms with Crippen LogP contribution in [0.5, 0.6) is 0 Å². The lowest BCUT2D eigenvalue weighted by Gasteiger charge is -2.16. The van der Waals surface area contributed by atoms with Crippen LogP contribution in [0.25, 0.3) is 0 Å². The molecule has 1 saturated heterocycles. The van der Waals surface area contributed by atoms with E-state index < -0.39 is 16.1 Å². The molecule has 1 fully saturated rings. The first-order valence-electron chi connectivity index (χ1n) is 5.46. The van der Waals surface area contributed by atoms with E-state index in [1.54, 1.807) is 0 Å². The summed E-state index contributed by atoms with van der Waals surface area (Å²) in [5, 5.41) is 8.81. The van der Waals surface area contributed by atoms with Crippen LogP contribution in [0.15, 0.2) is 0 Å². The second kappa shape index (κ2) is 5.62. The number of nitrogens with zero attached hydrogens (tertiary/aromatic N) is 1. The van der Waals surface area contributed by atoms with Crippen LogP contribution in [0.3, 0.4) is 0 Å². The molecule has 0 saturated carbocycles. The van der Waals surface area contributed by atoms with E-state index in [2.05, 4.69) is 4.72 Å². The van der Waals surface area contributed by atoms with Crippen LogP contribution in [0, 0.1) is 17.2 Å². The van der Waals surface area contributed by atoms with Crippen molar-refractivity contribution in [1.29, 1.82) is 5.26 Å². The van der Waals surface area contributed by atoms with Gasteiger partial charge in [-0.15, -0.1) is 0 Å². The molecule has 16 heavy (non-hydrogen) atoms. The molecule has 6 heteroatoms. The number of nitrogens with one attached hydrogen (secondary N) is 1. The van der Waals surface area contributed by atoms with Crippen molar-refractivity contribution in [2.45, 2.75) is 38.8 Å². The first-order chi connectivity index (χ1) is 7.44. The third-order valence-electron chi connectivity index (χ3n) is 2.54. The molecular weight excluding hydrogens is 228 g/mol. The number of ether oxygens (including phenoxy) is 1. The minimum absolute atomic E-state index is 0.0377. The molecule has 1 aliphatic heterocycles. The molecule has 2 atom stereocenters. The molecule has 0 aromatic carbocycles. The summed E-state index contributed by atoms with van der Waals surface area (Å²) in [6.45, 7) is 4.25. The fraction of sp³-hybridized carbons (Fsp3) is 0.900. The van der Waals surface area contributed by atoms with Gasteiger partial charge < -0.3 is 4.74 Å². The van der Waals surface area contributed by atoms with Crippen LogP contribution in [-0.4, -0.2) is 32.9 Å². The summed E-state index contributed by atoms with van der Waals surface area (Å²) >= 11 is 0. The Labute approximate surface area is 96.8 Å². The van der Waals surface area contributed by atoms with E-state index in [0.29, 0.717) is 6.61 Å². The van der Waals surface area contributed by atoms with Gasteiger partial charge in [-0.1, -0.05) is 13.8 Å². The summed E-state index contributed by atoms with van der Waals surface area (Å²) in [5.74, 6) is -0.0815. The van der Waals surface area contributed by atoms with Gasteiger partial charge in [-0.2, -0.15) is 9.98 Å². The summed E-state index contributed by atoms with van der Waals surface area (Å²) in [5.41, 5.74) is 0. The topological polar surface area (TPSA) is 79.2 Å². The minimum Gasteiger partial charge on any atom is -0.377 e. The summed E-state index contributed by atoms with van der Waals surface area (Å²) in [4.78, 5) is 0. The van der Waals surface area contributed by atoms with Gasteiger partial charge in [0.15, 0.2) is 0 Å². The molecule has 0 spiro atoms. The summed E-state index contributed by atoms with van der Waals surface area (Å²) < 4.78 is 31.1. The first kappa shape index (κ1) is 13.4. The molecule has 2 unspecified atom stereocenters. The Morgan fingerprint density at radius 2 is 2.25 bits per heavy atom. The van der Waals surface area contributed by atoms with E-state index in [1.165, 1.54) is 0 Å². The summed E-state index contributed by atoms with van der Waals surface area (Å²) in [6.07, 6.45) is 1.47. The zero-order valence-corrected chi connectivity index (χ0v) is 10.5. The van der Waals surface area contributed by atoms with Gasteiger partial charge in [-0.05, 0) is 18.8 Å². The molecule has 92 valence electrons. The van der Waals surface area contributed by atoms with Crippen molar-refractivity contribution >= 4 is 10.0 Å². The van der Waals surface area contributed by atoms with Crippen LogP contribution in [0.1, 0.15) is 26.7 Å². The van der Waals surface area contributed by atoms with E-state index in [9.17, 15) is 8.42 Å². The molecule has 0 aromatic heterocycles. The SMILES string of the molecule is CC(C)C(C#N)NS(=O)(=O)CC1CCCO1. The van der Waals surface area contributed by atoms with Crippen molar-refractivity contribution in [2.24, 2.45) is 5.92 Å². The maximum atomic E-state index is 11.7. The van der Waals surface area contributed by atoms with Gasteiger partial charge in [0, 0.05) is 6.61 Å². The Hall–Kier alpha value is -0.640. The molecule has 0 aliphatic carbocycles. The Morgan fingerprint density at radius 3 is 2.69 bits per heavy atom. The molecule has 1 heterocycles. The zero-order valence-electron chi connectivity index (χ0n) is 9.64. The third-order valence-corrected chi connectivity index (χ3v) is 3.97. The van der Waals surface area contributed by atoms with Crippen molar-refractivity contribution in [3.63, 3.8) is 0 Å². The lowest BCUT2D eigenvalue weighted by atomic mass is 10.1. The van der Waals surface area contributed by atoms with E-state index in [4.69, 9.17) is 10.00 Å². The monoisotopic (exact) mass is 246 g/mol. The van der Waals surface area contributed by atoms with E-state index in [-0.39, 0.29) is 17.8 Å². The lowest BCUT2D eigenvalue weighted by molar-refractivity contribution is 0.127. The molecular formula is C10H18N2O3S. The van der Waals surface area contributed by atoms with Gasteiger partial charge in [-0.25, -0.2) is 8.42 Å². The Balaban J connectivity index is 2.53. The number of hydrogen-bond acceptors (Lipinski definition) is 4. The second-order valence-corrected chi connectivity index (χ2v) is 6.18. The predicted octanol–water partition coefficient (Wildman–Crippen LogP) is 0.633. The maximum Gasteiger partial charge on any atom is 0.215 e. The smallest absolute Gasteiger partial charge is 0.215 e. The molecule has 0 amide bonds. The Bertz CT molecular complexity index is 353.